The van der Waals surface area contributed by atoms with Gasteiger partial charge in [-0.15, -0.1) is 0 Å². The topological polar surface area (TPSA) is 81.5 Å². The summed E-state index contributed by atoms with van der Waals surface area (Å²) in [5, 5.41) is 0. The van der Waals surface area contributed by atoms with Crippen molar-refractivity contribution in [3.05, 3.63) is 76.0 Å². The summed E-state index contributed by atoms with van der Waals surface area (Å²) in [6, 6.07) is 13.4. The van der Waals surface area contributed by atoms with Crippen molar-refractivity contribution < 1.29 is 18.7 Å². The van der Waals surface area contributed by atoms with Crippen molar-refractivity contribution in [2.75, 3.05) is 7.05 Å². The lowest BCUT2D eigenvalue weighted by molar-refractivity contribution is -0.158. The highest BCUT2D eigenvalue weighted by Crippen LogP contribution is 2.13. The number of hydrogen-bond donors (Lipinski definition) is 0. The van der Waals surface area contributed by atoms with Crippen LogP contribution in [-0.2, 0) is 33.8 Å². The molecule has 3 rings (SSSR count). The van der Waals surface area contributed by atoms with E-state index in [2.05, 4.69) is 11.9 Å². The number of esters is 1. The molecule has 2 aromatic carbocycles. The first-order valence-electron chi connectivity index (χ1n) is 11.5. The Morgan fingerprint density at radius 3 is 2.68 bits per heavy atom. The molecule has 3 aromatic rings. The number of unbranched alkanes of at least 4 members (excludes halogenated alkanes) is 1. The maximum Gasteiger partial charge on any atom is 0.306 e. The first kappa shape index (κ1) is 25.1. The molecule has 1 atom stereocenters. The number of halogens is 1. The third-order valence-corrected chi connectivity index (χ3v) is 5.56. The van der Waals surface area contributed by atoms with Crippen LogP contribution in [0.3, 0.4) is 0 Å². The van der Waals surface area contributed by atoms with Crippen molar-refractivity contribution in [2.45, 2.75) is 58.7 Å². The van der Waals surface area contributed by atoms with Crippen molar-refractivity contribution in [1.29, 1.82) is 0 Å². The van der Waals surface area contributed by atoms with Crippen LogP contribution in [-0.4, -0.2) is 39.5 Å². The summed E-state index contributed by atoms with van der Waals surface area (Å²) in [6.45, 7) is 4.33. The van der Waals surface area contributed by atoms with Crippen molar-refractivity contribution in [3.8, 4) is 0 Å². The van der Waals surface area contributed by atoms with Crippen molar-refractivity contribution in [1.82, 2.24) is 14.5 Å². The van der Waals surface area contributed by atoms with E-state index in [4.69, 9.17) is 4.74 Å². The Balaban J connectivity index is 1.62. The van der Waals surface area contributed by atoms with Crippen LogP contribution in [0.2, 0.25) is 0 Å². The van der Waals surface area contributed by atoms with E-state index in [1.54, 1.807) is 23.7 Å². The molecule has 0 radical (unpaired) electrons. The highest BCUT2D eigenvalue weighted by Gasteiger charge is 2.22. The van der Waals surface area contributed by atoms with E-state index in [0.717, 1.165) is 18.4 Å². The van der Waals surface area contributed by atoms with Gasteiger partial charge in [0, 0.05) is 26.6 Å². The first-order valence-corrected chi connectivity index (χ1v) is 11.5. The summed E-state index contributed by atoms with van der Waals surface area (Å²) in [5.74, 6) is -1.37. The molecule has 1 heterocycles. The highest BCUT2D eigenvalue weighted by molar-refractivity contribution is 5.83. The van der Waals surface area contributed by atoms with Gasteiger partial charge in [0.15, 0.2) is 6.10 Å². The normalized spacial score (nSPS) is 11.9. The summed E-state index contributed by atoms with van der Waals surface area (Å²) in [5.41, 5.74) is 2.20. The number of aryl methyl sites for hydroxylation is 2. The fourth-order valence-electron chi connectivity index (χ4n) is 3.77. The van der Waals surface area contributed by atoms with Crippen LogP contribution in [0.15, 0.2) is 53.3 Å². The molecule has 0 aliphatic rings. The zero-order chi connectivity index (χ0) is 24.7. The predicted octanol–water partition coefficient (Wildman–Crippen LogP) is 3.86. The Hall–Kier alpha value is -3.55. The summed E-state index contributed by atoms with van der Waals surface area (Å²) >= 11 is 0. The smallest absolute Gasteiger partial charge is 0.306 e. The quantitative estimate of drug-likeness (QED) is 0.423. The molecular formula is C26H30FN3O4. The van der Waals surface area contributed by atoms with Gasteiger partial charge in [-0.05, 0) is 43.2 Å². The Labute approximate surface area is 198 Å². The van der Waals surface area contributed by atoms with E-state index in [1.165, 1.54) is 24.0 Å². The largest absolute Gasteiger partial charge is 0.453 e. The number of ether oxygens (including phenoxy) is 1. The molecule has 7 nitrogen and oxygen atoms in total. The number of rotatable bonds is 10. The second-order valence-corrected chi connectivity index (χ2v) is 8.31. The van der Waals surface area contributed by atoms with E-state index < -0.39 is 18.0 Å². The van der Waals surface area contributed by atoms with Crippen LogP contribution < -0.4 is 5.56 Å². The van der Waals surface area contributed by atoms with Crippen LogP contribution in [0, 0.1) is 5.82 Å². The summed E-state index contributed by atoms with van der Waals surface area (Å²) in [6.07, 6.45) is 0.855. The van der Waals surface area contributed by atoms with Gasteiger partial charge in [-0.1, -0.05) is 37.6 Å². The van der Waals surface area contributed by atoms with Gasteiger partial charge in [-0.2, -0.15) is 0 Å². The van der Waals surface area contributed by atoms with Crippen LogP contribution in [0.4, 0.5) is 4.39 Å². The molecule has 0 bridgehead atoms. The molecule has 0 aliphatic carbocycles. The molecule has 180 valence electrons. The SMILES string of the molecule is CCCCn1c(=O)c(CCC(=O)OC(C)C(=O)N(C)Cc2cccc(F)c2)nc2ccccc21. The Bertz CT molecular complexity index is 1220. The first-order chi connectivity index (χ1) is 16.3. The van der Waals surface area contributed by atoms with Gasteiger partial charge < -0.3 is 14.2 Å². The number of para-hydroxylation sites is 2. The third kappa shape index (κ3) is 6.27. The van der Waals surface area contributed by atoms with Crippen LogP contribution in [0.25, 0.3) is 11.0 Å². The monoisotopic (exact) mass is 467 g/mol. The zero-order valence-electron chi connectivity index (χ0n) is 19.8. The lowest BCUT2D eigenvalue weighted by Gasteiger charge is -2.21. The van der Waals surface area contributed by atoms with E-state index in [9.17, 15) is 18.8 Å². The van der Waals surface area contributed by atoms with Crippen molar-refractivity contribution in [3.63, 3.8) is 0 Å². The van der Waals surface area contributed by atoms with Gasteiger partial charge >= 0.3 is 5.97 Å². The lowest BCUT2D eigenvalue weighted by Crippen LogP contribution is -2.37. The molecule has 0 saturated heterocycles. The minimum atomic E-state index is -1.00. The molecule has 0 N–H and O–H groups in total. The van der Waals surface area contributed by atoms with Crippen molar-refractivity contribution >= 4 is 22.9 Å². The second kappa shape index (κ2) is 11.5. The number of hydrogen-bond acceptors (Lipinski definition) is 5. The molecular weight excluding hydrogens is 437 g/mol. The van der Waals surface area contributed by atoms with Gasteiger partial charge in [0.1, 0.15) is 11.5 Å². The van der Waals surface area contributed by atoms with E-state index in [1.807, 2.05) is 24.3 Å². The summed E-state index contributed by atoms with van der Waals surface area (Å²) in [4.78, 5) is 43.8. The number of fused-ring (bicyclic) bond motifs is 1. The highest BCUT2D eigenvalue weighted by atomic mass is 19.1. The Morgan fingerprint density at radius 2 is 1.94 bits per heavy atom. The average Bonchev–Trinajstić information content (AvgIpc) is 2.81. The number of likely N-dealkylation sites (N-methyl/N-ethyl adjacent to an activating group) is 1. The molecule has 0 aliphatic heterocycles. The summed E-state index contributed by atoms with van der Waals surface area (Å²) < 4.78 is 20.4. The molecule has 1 amide bonds. The van der Waals surface area contributed by atoms with Crippen LogP contribution in [0.5, 0.6) is 0 Å². The molecule has 1 unspecified atom stereocenters. The van der Waals surface area contributed by atoms with Gasteiger partial charge in [-0.25, -0.2) is 9.37 Å². The van der Waals surface area contributed by atoms with Crippen LogP contribution in [0.1, 0.15) is 44.4 Å². The fourth-order valence-corrected chi connectivity index (χ4v) is 3.77. The number of amides is 1. The van der Waals surface area contributed by atoms with Crippen molar-refractivity contribution in [2.24, 2.45) is 0 Å². The molecule has 0 fully saturated rings. The van der Waals surface area contributed by atoms with Crippen LogP contribution >= 0.6 is 0 Å². The predicted molar refractivity (Wildman–Crippen MR) is 128 cm³/mol. The number of benzene rings is 2. The second-order valence-electron chi connectivity index (χ2n) is 8.31. The fraction of sp³-hybridized carbons (Fsp3) is 0.385. The molecule has 0 spiro atoms. The molecule has 1 aromatic heterocycles. The van der Waals surface area contributed by atoms with Gasteiger partial charge in [0.05, 0.1) is 17.5 Å². The molecule has 8 heteroatoms. The van der Waals surface area contributed by atoms with Gasteiger partial charge in [0.2, 0.25) is 0 Å². The average molecular weight is 468 g/mol. The van der Waals surface area contributed by atoms with Gasteiger partial charge in [-0.3, -0.25) is 14.4 Å². The zero-order valence-corrected chi connectivity index (χ0v) is 19.8. The van der Waals surface area contributed by atoms with E-state index in [0.29, 0.717) is 23.3 Å². The maximum absolute atomic E-state index is 13.4. The van der Waals surface area contributed by atoms with E-state index >= 15 is 0 Å². The van der Waals surface area contributed by atoms with Gasteiger partial charge in [0.25, 0.3) is 11.5 Å². The standard InChI is InChI=1S/C26H30FN3O4/c1-4-5-15-30-23-12-7-6-11-21(23)28-22(26(30)33)13-14-24(31)34-18(2)25(32)29(3)17-19-9-8-10-20(27)16-19/h6-12,16,18H,4-5,13-15,17H2,1-3H3. The minimum Gasteiger partial charge on any atom is -0.453 e. The Kier molecular flexibility index (Phi) is 8.51. The molecule has 34 heavy (non-hydrogen) atoms. The number of nitrogens with zero attached hydrogens (tertiary/aromatic N) is 3. The lowest BCUT2D eigenvalue weighted by atomic mass is 10.2. The third-order valence-electron chi connectivity index (χ3n) is 5.56. The maximum atomic E-state index is 13.4. The number of aromatic nitrogens is 2. The Morgan fingerprint density at radius 1 is 1.18 bits per heavy atom. The summed E-state index contributed by atoms with van der Waals surface area (Å²) in [7, 11) is 1.56. The number of carbonyl (C=O) groups excluding carboxylic acids is 2. The number of carbonyl (C=O) groups is 2. The minimum absolute atomic E-state index is 0.0699. The van der Waals surface area contributed by atoms with E-state index in [-0.39, 0.29) is 30.8 Å². The molecule has 0 saturated carbocycles.